The fourth-order valence-electron chi connectivity index (χ4n) is 3.01. The zero-order valence-electron chi connectivity index (χ0n) is 13.9. The number of nitrogens with one attached hydrogen (secondary N) is 2. The summed E-state index contributed by atoms with van der Waals surface area (Å²) in [4.78, 5) is 33.7. The summed E-state index contributed by atoms with van der Waals surface area (Å²) >= 11 is 7.33. The van der Waals surface area contributed by atoms with Crippen molar-refractivity contribution < 1.29 is 14.0 Å². The molecule has 1 aliphatic heterocycles. The number of urea groups is 1. The summed E-state index contributed by atoms with van der Waals surface area (Å²) in [5, 5.41) is 5.85. The molecule has 0 spiro atoms. The summed E-state index contributed by atoms with van der Waals surface area (Å²) in [7, 11) is 0. The number of nitrogens with zero attached hydrogens (tertiary/aromatic N) is 2. The van der Waals surface area contributed by atoms with Crippen molar-refractivity contribution in [3.8, 4) is 0 Å². The van der Waals surface area contributed by atoms with Gasteiger partial charge in [-0.25, -0.2) is 19.2 Å². The average molecular weight is 405 g/mol. The third-order valence-corrected chi connectivity index (χ3v) is 5.78. The van der Waals surface area contributed by atoms with E-state index in [1.54, 1.807) is 18.3 Å². The molecule has 0 radical (unpaired) electrons. The minimum atomic E-state index is -0.594. The number of carbonyl (C=O) groups excluding carboxylic acids is 2. The highest BCUT2D eigenvalue weighted by Gasteiger charge is 2.31. The Morgan fingerprint density at radius 2 is 2.26 bits per heavy atom. The second kappa shape index (κ2) is 7.21. The van der Waals surface area contributed by atoms with Gasteiger partial charge in [-0.1, -0.05) is 29.0 Å². The third-order valence-electron chi connectivity index (χ3n) is 4.39. The Hall–Kier alpha value is -2.58. The normalized spacial score (nSPS) is 17.6. The first-order valence-corrected chi connectivity index (χ1v) is 9.44. The van der Waals surface area contributed by atoms with Crippen LogP contribution in [-0.4, -0.2) is 34.4 Å². The maximum Gasteiger partial charge on any atom is 0.315 e. The van der Waals surface area contributed by atoms with Crippen molar-refractivity contribution in [2.24, 2.45) is 0 Å². The highest BCUT2D eigenvalue weighted by atomic mass is 35.5. The molecule has 3 aromatic rings. The second-order valence-corrected chi connectivity index (χ2v) is 7.60. The molecule has 0 bridgehead atoms. The lowest BCUT2D eigenvalue weighted by molar-refractivity contribution is -0.120. The average Bonchev–Trinajstić information content (AvgIpc) is 3.28. The highest BCUT2D eigenvalue weighted by molar-refractivity contribution is 7.18. The van der Waals surface area contributed by atoms with Gasteiger partial charge in [-0.2, -0.15) is 0 Å². The molecule has 1 aliphatic rings. The molecular formula is C18H14ClFN4O2S. The van der Waals surface area contributed by atoms with Gasteiger partial charge in [0.2, 0.25) is 0 Å². The van der Waals surface area contributed by atoms with E-state index in [9.17, 15) is 14.0 Å². The van der Waals surface area contributed by atoms with Gasteiger partial charge in [0.1, 0.15) is 27.2 Å². The zero-order chi connectivity index (χ0) is 19.0. The molecule has 2 N–H and O–H groups in total. The van der Waals surface area contributed by atoms with E-state index in [4.69, 9.17) is 11.6 Å². The monoisotopic (exact) mass is 404 g/mol. The van der Waals surface area contributed by atoms with Crippen molar-refractivity contribution in [3.63, 3.8) is 0 Å². The molecule has 6 nitrogen and oxygen atoms in total. The smallest absolute Gasteiger partial charge is 0.315 e. The Bertz CT molecular complexity index is 1010. The van der Waals surface area contributed by atoms with Crippen LogP contribution in [0.25, 0.3) is 10.3 Å². The van der Waals surface area contributed by atoms with Crippen molar-refractivity contribution in [1.29, 1.82) is 0 Å². The molecule has 1 fully saturated rings. The van der Waals surface area contributed by atoms with Crippen LogP contribution in [0.4, 0.5) is 9.18 Å². The summed E-state index contributed by atoms with van der Waals surface area (Å²) in [6, 6.07) is 7.08. The lowest BCUT2D eigenvalue weighted by Crippen LogP contribution is -2.35. The van der Waals surface area contributed by atoms with Gasteiger partial charge in [-0.15, -0.1) is 0 Å². The number of halogens is 2. The van der Waals surface area contributed by atoms with Gasteiger partial charge in [0.05, 0.1) is 5.02 Å². The molecule has 2 atom stereocenters. The van der Waals surface area contributed by atoms with Gasteiger partial charge < -0.3 is 10.6 Å². The maximum atomic E-state index is 13.6. The van der Waals surface area contributed by atoms with Gasteiger partial charge in [0.25, 0.3) is 0 Å². The summed E-state index contributed by atoms with van der Waals surface area (Å²) in [6.45, 7) is 0.246. The van der Waals surface area contributed by atoms with Gasteiger partial charge in [-0.05, 0) is 29.8 Å². The Kier molecular flexibility index (Phi) is 4.75. The topological polar surface area (TPSA) is 84.0 Å². The molecular weight excluding hydrogens is 391 g/mol. The number of carbonyl (C=O) groups is 2. The number of amides is 2. The van der Waals surface area contributed by atoms with Crippen LogP contribution in [0.1, 0.15) is 22.9 Å². The highest BCUT2D eigenvalue weighted by Crippen LogP contribution is 2.35. The van der Waals surface area contributed by atoms with Gasteiger partial charge in [0, 0.05) is 25.1 Å². The van der Waals surface area contributed by atoms with E-state index in [0.29, 0.717) is 10.6 Å². The number of hydrogen-bond donors (Lipinski definition) is 2. The molecule has 138 valence electrons. The van der Waals surface area contributed by atoms with Crippen LogP contribution < -0.4 is 10.6 Å². The Balaban J connectivity index is 1.71. The lowest BCUT2D eigenvalue weighted by Gasteiger charge is -2.17. The van der Waals surface area contributed by atoms with E-state index < -0.39 is 17.8 Å². The number of pyridine rings is 1. The SMILES string of the molecule is O=C1NC[C@@H](C(=O)CC(c2ccc(F)c(Cl)c2)c2nc3cccnc3s2)N1. The largest absolute Gasteiger partial charge is 0.336 e. The van der Waals surface area contributed by atoms with Crippen LogP contribution in [0.2, 0.25) is 5.02 Å². The minimum absolute atomic E-state index is 0.0139. The lowest BCUT2D eigenvalue weighted by atomic mass is 9.92. The van der Waals surface area contributed by atoms with Crippen LogP contribution in [-0.2, 0) is 4.79 Å². The van der Waals surface area contributed by atoms with E-state index >= 15 is 0 Å². The molecule has 1 unspecified atom stereocenters. The fourth-order valence-corrected chi connectivity index (χ4v) is 4.23. The van der Waals surface area contributed by atoms with Crippen molar-refractivity contribution in [1.82, 2.24) is 20.6 Å². The van der Waals surface area contributed by atoms with Crippen LogP contribution in [0.3, 0.4) is 0 Å². The van der Waals surface area contributed by atoms with Gasteiger partial charge in [-0.3, -0.25) is 4.79 Å². The van der Waals surface area contributed by atoms with E-state index in [2.05, 4.69) is 20.6 Å². The molecule has 2 aromatic heterocycles. The minimum Gasteiger partial charge on any atom is -0.336 e. The summed E-state index contributed by atoms with van der Waals surface area (Å²) in [5.41, 5.74) is 1.42. The molecule has 4 rings (SSSR count). The van der Waals surface area contributed by atoms with Crippen LogP contribution in [0.5, 0.6) is 0 Å². The van der Waals surface area contributed by atoms with E-state index in [0.717, 1.165) is 10.3 Å². The van der Waals surface area contributed by atoms with Crippen molar-refractivity contribution in [2.75, 3.05) is 6.54 Å². The summed E-state index contributed by atoms with van der Waals surface area (Å²) < 4.78 is 13.6. The summed E-state index contributed by atoms with van der Waals surface area (Å²) in [6.07, 6.45) is 1.79. The first-order chi connectivity index (χ1) is 13.0. The molecule has 27 heavy (non-hydrogen) atoms. The quantitative estimate of drug-likeness (QED) is 0.683. The van der Waals surface area contributed by atoms with E-state index in [1.165, 1.54) is 23.5 Å². The maximum absolute atomic E-state index is 13.6. The number of fused-ring (bicyclic) bond motifs is 1. The van der Waals surface area contributed by atoms with Crippen molar-refractivity contribution in [3.05, 3.63) is 57.9 Å². The van der Waals surface area contributed by atoms with E-state index in [-0.39, 0.29) is 29.8 Å². The number of ketones is 1. The standard InChI is InChI=1S/C18H14ClFN4O2S/c19-11-6-9(3-4-12(11)20)10(7-15(25)14-8-22-18(26)24-14)16-23-13-2-1-5-21-17(13)27-16/h1-6,10,14H,7-8H2,(H2,22,24,26)/t10?,14-/m0/s1. The predicted octanol–water partition coefficient (Wildman–Crippen LogP) is 3.26. The molecule has 2 amide bonds. The van der Waals surface area contributed by atoms with Gasteiger partial charge >= 0.3 is 6.03 Å². The number of aromatic nitrogens is 2. The number of Topliss-reactive ketones (excluding diaryl/α,β-unsaturated/α-hetero) is 1. The first-order valence-electron chi connectivity index (χ1n) is 8.25. The molecule has 1 aromatic carbocycles. The number of benzene rings is 1. The molecule has 0 saturated carbocycles. The van der Waals surface area contributed by atoms with Crippen LogP contribution in [0.15, 0.2) is 36.5 Å². The molecule has 0 aliphatic carbocycles. The molecule has 1 saturated heterocycles. The number of hydrogen-bond acceptors (Lipinski definition) is 5. The first kappa shape index (κ1) is 17.8. The Morgan fingerprint density at radius 3 is 2.96 bits per heavy atom. The van der Waals surface area contributed by atoms with Crippen LogP contribution >= 0.6 is 22.9 Å². The number of thiazole rings is 1. The van der Waals surface area contributed by atoms with Gasteiger partial charge in [0.15, 0.2) is 5.78 Å². The predicted molar refractivity (Wildman–Crippen MR) is 101 cm³/mol. The fraction of sp³-hybridized carbons (Fsp3) is 0.222. The second-order valence-electron chi connectivity index (χ2n) is 6.18. The Morgan fingerprint density at radius 1 is 1.41 bits per heavy atom. The zero-order valence-corrected chi connectivity index (χ0v) is 15.5. The van der Waals surface area contributed by atoms with Crippen molar-refractivity contribution in [2.45, 2.75) is 18.4 Å². The molecule has 3 heterocycles. The van der Waals surface area contributed by atoms with E-state index in [1.807, 2.05) is 6.07 Å². The summed E-state index contributed by atoms with van der Waals surface area (Å²) in [5.74, 6) is -1.07. The van der Waals surface area contributed by atoms with Crippen LogP contribution in [0, 0.1) is 5.82 Å². The molecule has 9 heteroatoms. The Labute approximate surface area is 162 Å². The number of rotatable bonds is 5. The van der Waals surface area contributed by atoms with Crippen molar-refractivity contribution >= 4 is 45.1 Å². The third kappa shape index (κ3) is 3.63.